The lowest BCUT2D eigenvalue weighted by Gasteiger charge is -2.24. The molecular formula is C18H24N4O2. The van der Waals surface area contributed by atoms with Gasteiger partial charge in [0.2, 0.25) is 5.91 Å². The zero-order chi connectivity index (χ0) is 17.5. The monoisotopic (exact) mass is 328 g/mol. The summed E-state index contributed by atoms with van der Waals surface area (Å²) in [5, 5.41) is 7.38. The van der Waals surface area contributed by atoms with Gasteiger partial charge in [0, 0.05) is 24.8 Å². The lowest BCUT2D eigenvalue weighted by atomic mass is 9.91. The Morgan fingerprint density at radius 1 is 1.46 bits per heavy atom. The van der Waals surface area contributed by atoms with E-state index in [1.165, 1.54) is 0 Å². The summed E-state index contributed by atoms with van der Waals surface area (Å²) in [6.07, 6.45) is 1.33. The molecule has 3 rings (SSSR count). The zero-order valence-corrected chi connectivity index (χ0v) is 14.6. The van der Waals surface area contributed by atoms with E-state index in [0.717, 1.165) is 40.2 Å². The highest BCUT2D eigenvalue weighted by Crippen LogP contribution is 2.39. The molecule has 1 unspecified atom stereocenters. The summed E-state index contributed by atoms with van der Waals surface area (Å²) in [6, 6.07) is 5.71. The highest BCUT2D eigenvalue weighted by atomic mass is 16.5. The van der Waals surface area contributed by atoms with E-state index >= 15 is 0 Å². The van der Waals surface area contributed by atoms with Crippen molar-refractivity contribution in [3.63, 3.8) is 0 Å². The highest BCUT2D eigenvalue weighted by Gasteiger charge is 2.42. The van der Waals surface area contributed by atoms with Gasteiger partial charge in [-0.25, -0.2) is 0 Å². The topological polar surface area (TPSA) is 82.2 Å². The number of hydrogen-bond donors (Lipinski definition) is 2. The maximum atomic E-state index is 12.8. The number of carbonyl (C=O) groups is 1. The molecule has 6 heteroatoms. The fourth-order valence-corrected chi connectivity index (χ4v) is 3.53. The molecule has 0 bridgehead atoms. The normalized spacial score (nSPS) is 19.2. The summed E-state index contributed by atoms with van der Waals surface area (Å²) >= 11 is 0. The second kappa shape index (κ2) is 5.94. The van der Waals surface area contributed by atoms with Crippen LogP contribution in [-0.4, -0.2) is 22.8 Å². The van der Waals surface area contributed by atoms with Crippen LogP contribution < -0.4 is 15.8 Å². The van der Waals surface area contributed by atoms with Gasteiger partial charge in [-0.3, -0.25) is 9.48 Å². The molecule has 0 saturated carbocycles. The second-order valence-electron chi connectivity index (χ2n) is 6.41. The third kappa shape index (κ3) is 2.47. The van der Waals surface area contributed by atoms with Crippen LogP contribution in [0.1, 0.15) is 34.5 Å². The molecular weight excluding hydrogens is 304 g/mol. The molecule has 3 N–H and O–H groups in total. The number of fused-ring (bicyclic) bond motifs is 1. The maximum Gasteiger partial charge on any atom is 0.244 e. The smallest absolute Gasteiger partial charge is 0.244 e. The van der Waals surface area contributed by atoms with Gasteiger partial charge in [0.05, 0.1) is 12.8 Å². The first-order valence-electron chi connectivity index (χ1n) is 8.11. The number of nitrogens with one attached hydrogen (secondary N) is 1. The van der Waals surface area contributed by atoms with Crippen LogP contribution in [0.5, 0.6) is 5.75 Å². The van der Waals surface area contributed by atoms with E-state index in [1.807, 2.05) is 43.8 Å². The number of hydrogen-bond acceptors (Lipinski definition) is 4. The Labute approximate surface area is 142 Å². The van der Waals surface area contributed by atoms with E-state index < -0.39 is 5.54 Å². The summed E-state index contributed by atoms with van der Waals surface area (Å²) in [5.74, 6) is 0.642. The molecule has 1 aromatic carbocycles. The van der Waals surface area contributed by atoms with Gasteiger partial charge in [-0.15, -0.1) is 0 Å². The van der Waals surface area contributed by atoms with Crippen molar-refractivity contribution in [3.05, 3.63) is 46.3 Å². The highest BCUT2D eigenvalue weighted by molar-refractivity contribution is 5.89. The predicted octanol–water partition coefficient (Wildman–Crippen LogP) is 1.46. The van der Waals surface area contributed by atoms with Crippen molar-refractivity contribution in [2.75, 3.05) is 7.11 Å². The molecule has 1 heterocycles. The van der Waals surface area contributed by atoms with Crippen LogP contribution in [0.4, 0.5) is 0 Å². The molecule has 0 fully saturated rings. The van der Waals surface area contributed by atoms with Crippen LogP contribution >= 0.6 is 0 Å². The molecule has 1 aromatic heterocycles. The minimum atomic E-state index is -1.01. The van der Waals surface area contributed by atoms with Gasteiger partial charge in [0.15, 0.2) is 0 Å². The van der Waals surface area contributed by atoms with Gasteiger partial charge in [-0.1, -0.05) is 12.1 Å². The molecule has 0 saturated heterocycles. The number of methoxy groups -OCH3 is 1. The SMILES string of the molecule is COc1cccc2c1CCC2(N)C(=O)NCc1c(C)nn(C)c1C. The molecule has 24 heavy (non-hydrogen) atoms. The number of aromatic nitrogens is 2. The molecule has 1 amide bonds. The summed E-state index contributed by atoms with van der Waals surface area (Å²) < 4.78 is 7.22. The van der Waals surface area contributed by atoms with Crippen LogP contribution in [0.15, 0.2) is 18.2 Å². The van der Waals surface area contributed by atoms with Gasteiger partial charge >= 0.3 is 0 Å². The van der Waals surface area contributed by atoms with Gasteiger partial charge in [-0.05, 0) is 43.9 Å². The standard InChI is InChI=1S/C18H24N4O2/c1-11-14(12(2)22(3)21-11)10-20-17(23)18(19)9-8-13-15(18)6-5-7-16(13)24-4/h5-7H,8-10,19H2,1-4H3,(H,20,23). The Hall–Kier alpha value is -2.34. The minimum absolute atomic E-state index is 0.155. The molecule has 0 aliphatic heterocycles. The molecule has 128 valence electrons. The summed E-state index contributed by atoms with van der Waals surface area (Å²) in [7, 11) is 3.54. The van der Waals surface area contributed by atoms with Crippen molar-refractivity contribution in [1.82, 2.24) is 15.1 Å². The quantitative estimate of drug-likeness (QED) is 0.890. The summed E-state index contributed by atoms with van der Waals surface area (Å²) in [5.41, 5.74) is 10.4. The number of amides is 1. The Morgan fingerprint density at radius 2 is 2.21 bits per heavy atom. The fourth-order valence-electron chi connectivity index (χ4n) is 3.53. The Morgan fingerprint density at radius 3 is 2.83 bits per heavy atom. The number of benzene rings is 1. The number of nitrogens with two attached hydrogens (primary N) is 1. The first-order valence-corrected chi connectivity index (χ1v) is 8.11. The molecule has 1 aliphatic carbocycles. The Bertz CT molecular complexity index is 797. The lowest BCUT2D eigenvalue weighted by molar-refractivity contribution is -0.126. The van der Waals surface area contributed by atoms with Crippen LogP contribution in [-0.2, 0) is 30.3 Å². The van der Waals surface area contributed by atoms with Crippen LogP contribution in [0.25, 0.3) is 0 Å². The molecule has 6 nitrogen and oxygen atoms in total. The van der Waals surface area contributed by atoms with Crippen LogP contribution in [0.2, 0.25) is 0 Å². The van der Waals surface area contributed by atoms with Gasteiger partial charge < -0.3 is 15.8 Å². The number of nitrogens with zero attached hydrogens (tertiary/aromatic N) is 2. The number of carbonyl (C=O) groups excluding carboxylic acids is 1. The first-order chi connectivity index (χ1) is 11.4. The minimum Gasteiger partial charge on any atom is -0.496 e. The van der Waals surface area contributed by atoms with Crippen molar-refractivity contribution in [2.45, 2.75) is 38.8 Å². The van der Waals surface area contributed by atoms with Crippen molar-refractivity contribution in [1.29, 1.82) is 0 Å². The van der Waals surface area contributed by atoms with Gasteiger partial charge in [0.25, 0.3) is 0 Å². The van der Waals surface area contributed by atoms with E-state index in [4.69, 9.17) is 10.5 Å². The molecule has 0 spiro atoms. The zero-order valence-electron chi connectivity index (χ0n) is 14.6. The first kappa shape index (κ1) is 16.5. The van der Waals surface area contributed by atoms with E-state index in [0.29, 0.717) is 13.0 Å². The molecule has 1 atom stereocenters. The van der Waals surface area contributed by atoms with E-state index in [-0.39, 0.29) is 5.91 Å². The average Bonchev–Trinajstić information content (AvgIpc) is 3.04. The lowest BCUT2D eigenvalue weighted by Crippen LogP contribution is -2.49. The van der Waals surface area contributed by atoms with Crippen molar-refractivity contribution in [2.24, 2.45) is 12.8 Å². The van der Waals surface area contributed by atoms with E-state index in [2.05, 4.69) is 10.4 Å². The number of rotatable bonds is 4. The predicted molar refractivity (Wildman–Crippen MR) is 91.7 cm³/mol. The van der Waals surface area contributed by atoms with Gasteiger partial charge in [-0.2, -0.15) is 5.10 Å². The molecule has 1 aliphatic rings. The molecule has 2 aromatic rings. The Balaban J connectivity index is 1.82. The van der Waals surface area contributed by atoms with Crippen LogP contribution in [0, 0.1) is 13.8 Å². The Kier molecular flexibility index (Phi) is 4.09. The third-order valence-electron chi connectivity index (χ3n) is 5.09. The van der Waals surface area contributed by atoms with E-state index in [1.54, 1.807) is 7.11 Å². The largest absolute Gasteiger partial charge is 0.496 e. The van der Waals surface area contributed by atoms with Crippen molar-refractivity contribution >= 4 is 5.91 Å². The van der Waals surface area contributed by atoms with E-state index in [9.17, 15) is 4.79 Å². The maximum absolute atomic E-state index is 12.8. The van der Waals surface area contributed by atoms with Crippen molar-refractivity contribution < 1.29 is 9.53 Å². The number of aryl methyl sites for hydroxylation is 2. The average molecular weight is 328 g/mol. The fraction of sp³-hybridized carbons (Fsp3) is 0.444. The summed E-state index contributed by atoms with van der Waals surface area (Å²) in [4.78, 5) is 12.8. The van der Waals surface area contributed by atoms with Crippen LogP contribution in [0.3, 0.4) is 0 Å². The molecule has 0 radical (unpaired) electrons. The summed E-state index contributed by atoms with van der Waals surface area (Å²) in [6.45, 7) is 4.38. The number of ether oxygens (including phenoxy) is 1. The van der Waals surface area contributed by atoms with Crippen molar-refractivity contribution in [3.8, 4) is 5.75 Å². The second-order valence-corrected chi connectivity index (χ2v) is 6.41. The van der Waals surface area contributed by atoms with Gasteiger partial charge in [0.1, 0.15) is 11.3 Å². The third-order valence-corrected chi connectivity index (χ3v) is 5.09.